The summed E-state index contributed by atoms with van der Waals surface area (Å²) in [6.45, 7) is 14.4. The van der Waals surface area contributed by atoms with Crippen molar-refractivity contribution in [3.8, 4) is 0 Å². The van der Waals surface area contributed by atoms with Gasteiger partial charge in [-0.15, -0.1) is 0 Å². The third-order valence-electron chi connectivity index (χ3n) is 4.02. The average Bonchev–Trinajstić information content (AvgIpc) is 2.40. The summed E-state index contributed by atoms with van der Waals surface area (Å²) in [5.74, 6) is 0. The van der Waals surface area contributed by atoms with Crippen LogP contribution in [0.4, 0.5) is 0 Å². The Morgan fingerprint density at radius 1 is 1.21 bits per heavy atom. The molecule has 1 aromatic heterocycles. The number of pyridine rings is 1. The summed E-state index contributed by atoms with van der Waals surface area (Å²) in [4.78, 5) is 6.98. The van der Waals surface area contributed by atoms with Gasteiger partial charge in [0.15, 0.2) is 0 Å². The van der Waals surface area contributed by atoms with E-state index in [1.807, 2.05) is 12.3 Å². The van der Waals surface area contributed by atoms with Crippen LogP contribution in [-0.2, 0) is 6.42 Å². The average molecular weight is 263 g/mol. The van der Waals surface area contributed by atoms with Gasteiger partial charge in [0.2, 0.25) is 0 Å². The zero-order valence-corrected chi connectivity index (χ0v) is 13.1. The molecule has 0 aromatic carbocycles. The standard InChI is InChI=1S/C16H29N3/c1-6-17-15(13-14-11-9-10-12-18-14)16(4,5)19(7-2)8-3/h9-12,15,17H,6-8,13H2,1-5H3. The van der Waals surface area contributed by atoms with Gasteiger partial charge in [-0.05, 0) is 45.6 Å². The molecule has 1 atom stereocenters. The van der Waals surface area contributed by atoms with Gasteiger partial charge in [0.1, 0.15) is 0 Å². The van der Waals surface area contributed by atoms with Gasteiger partial charge >= 0.3 is 0 Å². The Balaban J connectivity index is 2.86. The number of aromatic nitrogens is 1. The SMILES string of the molecule is CCNC(Cc1ccccn1)C(C)(C)N(CC)CC. The summed E-state index contributed by atoms with van der Waals surface area (Å²) in [6, 6.07) is 6.56. The molecule has 0 fully saturated rings. The van der Waals surface area contributed by atoms with E-state index in [0.717, 1.165) is 31.7 Å². The highest BCUT2D eigenvalue weighted by atomic mass is 15.2. The summed E-state index contributed by atoms with van der Waals surface area (Å²) in [5, 5.41) is 3.64. The van der Waals surface area contributed by atoms with Crippen molar-refractivity contribution in [1.29, 1.82) is 0 Å². The molecular formula is C16H29N3. The summed E-state index contributed by atoms with van der Waals surface area (Å²) in [5.41, 5.74) is 1.28. The lowest BCUT2D eigenvalue weighted by molar-refractivity contribution is 0.0914. The maximum atomic E-state index is 4.47. The Kier molecular flexibility index (Phi) is 6.46. The molecule has 0 bridgehead atoms. The molecule has 0 amide bonds. The molecule has 0 saturated carbocycles. The lowest BCUT2D eigenvalue weighted by atomic mass is 9.88. The molecule has 3 heteroatoms. The zero-order valence-electron chi connectivity index (χ0n) is 13.1. The topological polar surface area (TPSA) is 28.2 Å². The Bertz CT molecular complexity index is 344. The van der Waals surface area contributed by atoms with Crippen molar-refractivity contribution >= 4 is 0 Å². The summed E-state index contributed by atoms with van der Waals surface area (Å²) in [6.07, 6.45) is 2.85. The van der Waals surface area contributed by atoms with E-state index in [9.17, 15) is 0 Å². The molecule has 3 nitrogen and oxygen atoms in total. The van der Waals surface area contributed by atoms with Crippen LogP contribution in [0.2, 0.25) is 0 Å². The normalized spacial score (nSPS) is 13.8. The van der Waals surface area contributed by atoms with Crippen LogP contribution in [-0.4, -0.2) is 41.1 Å². The molecule has 0 saturated heterocycles. The predicted molar refractivity (Wildman–Crippen MR) is 82.4 cm³/mol. The Hall–Kier alpha value is -0.930. The quantitative estimate of drug-likeness (QED) is 0.781. The first-order valence-corrected chi connectivity index (χ1v) is 7.44. The van der Waals surface area contributed by atoms with E-state index in [2.05, 4.69) is 62.0 Å². The van der Waals surface area contributed by atoms with Crippen LogP contribution in [0.1, 0.15) is 40.3 Å². The van der Waals surface area contributed by atoms with Crippen molar-refractivity contribution in [2.24, 2.45) is 0 Å². The highest BCUT2D eigenvalue weighted by Gasteiger charge is 2.33. The van der Waals surface area contributed by atoms with Crippen LogP contribution in [0, 0.1) is 0 Å². The van der Waals surface area contributed by atoms with Crippen molar-refractivity contribution in [2.75, 3.05) is 19.6 Å². The van der Waals surface area contributed by atoms with E-state index >= 15 is 0 Å². The van der Waals surface area contributed by atoms with Crippen molar-refractivity contribution < 1.29 is 0 Å². The third-order valence-corrected chi connectivity index (χ3v) is 4.02. The van der Waals surface area contributed by atoms with Crippen LogP contribution in [0.3, 0.4) is 0 Å². The van der Waals surface area contributed by atoms with Gasteiger partial charge in [-0.25, -0.2) is 0 Å². The number of likely N-dealkylation sites (N-methyl/N-ethyl adjacent to an activating group) is 2. The molecular weight excluding hydrogens is 234 g/mol. The predicted octanol–water partition coefficient (Wildman–Crippen LogP) is 2.72. The van der Waals surface area contributed by atoms with Crippen molar-refractivity contribution in [3.05, 3.63) is 30.1 Å². The maximum Gasteiger partial charge on any atom is 0.0419 e. The number of hydrogen-bond donors (Lipinski definition) is 1. The molecule has 1 heterocycles. The minimum atomic E-state index is 0.122. The third kappa shape index (κ3) is 4.29. The van der Waals surface area contributed by atoms with Gasteiger partial charge in [0, 0.05) is 29.9 Å². The second-order valence-corrected chi connectivity index (χ2v) is 5.46. The molecule has 1 rings (SSSR count). The molecule has 1 N–H and O–H groups in total. The Morgan fingerprint density at radius 2 is 1.89 bits per heavy atom. The monoisotopic (exact) mass is 263 g/mol. The van der Waals surface area contributed by atoms with Crippen molar-refractivity contribution in [1.82, 2.24) is 15.2 Å². The van der Waals surface area contributed by atoms with Gasteiger partial charge in [0.25, 0.3) is 0 Å². The first-order chi connectivity index (χ1) is 9.06. The number of hydrogen-bond acceptors (Lipinski definition) is 3. The lowest BCUT2D eigenvalue weighted by Crippen LogP contribution is -2.58. The van der Waals surface area contributed by atoms with E-state index in [1.54, 1.807) is 0 Å². The van der Waals surface area contributed by atoms with Crippen molar-refractivity contribution in [2.45, 2.75) is 52.6 Å². The van der Waals surface area contributed by atoms with Crippen molar-refractivity contribution in [3.63, 3.8) is 0 Å². The maximum absolute atomic E-state index is 4.47. The number of nitrogens with one attached hydrogen (secondary N) is 1. The Labute approximate surface area is 118 Å². The minimum Gasteiger partial charge on any atom is -0.312 e. The van der Waals surface area contributed by atoms with Gasteiger partial charge in [0.05, 0.1) is 0 Å². The van der Waals surface area contributed by atoms with E-state index in [-0.39, 0.29) is 5.54 Å². The first-order valence-electron chi connectivity index (χ1n) is 7.44. The second kappa shape index (κ2) is 7.61. The van der Waals surface area contributed by atoms with Crippen LogP contribution < -0.4 is 5.32 Å². The van der Waals surface area contributed by atoms with E-state index in [1.165, 1.54) is 0 Å². The molecule has 0 aliphatic heterocycles. The van der Waals surface area contributed by atoms with Gasteiger partial charge in [-0.3, -0.25) is 9.88 Å². The first kappa shape index (κ1) is 16.1. The van der Waals surface area contributed by atoms with Gasteiger partial charge in [-0.2, -0.15) is 0 Å². The fourth-order valence-electron chi connectivity index (χ4n) is 2.81. The molecule has 1 unspecified atom stereocenters. The number of rotatable bonds is 8. The van der Waals surface area contributed by atoms with Crippen LogP contribution in [0.25, 0.3) is 0 Å². The zero-order chi connectivity index (χ0) is 14.3. The fourth-order valence-corrected chi connectivity index (χ4v) is 2.81. The van der Waals surface area contributed by atoms with Crippen LogP contribution >= 0.6 is 0 Å². The van der Waals surface area contributed by atoms with E-state index in [4.69, 9.17) is 0 Å². The largest absolute Gasteiger partial charge is 0.312 e. The molecule has 0 aliphatic rings. The summed E-state index contributed by atoms with van der Waals surface area (Å²) >= 11 is 0. The van der Waals surface area contributed by atoms with Gasteiger partial charge in [-0.1, -0.05) is 26.8 Å². The van der Waals surface area contributed by atoms with Gasteiger partial charge < -0.3 is 5.32 Å². The molecule has 0 aliphatic carbocycles. The molecule has 1 aromatic rings. The molecule has 0 spiro atoms. The van der Waals surface area contributed by atoms with E-state index in [0.29, 0.717) is 6.04 Å². The Morgan fingerprint density at radius 3 is 2.37 bits per heavy atom. The lowest BCUT2D eigenvalue weighted by Gasteiger charge is -2.43. The molecule has 19 heavy (non-hydrogen) atoms. The highest BCUT2D eigenvalue weighted by molar-refractivity contribution is 5.08. The summed E-state index contributed by atoms with van der Waals surface area (Å²) < 4.78 is 0. The van der Waals surface area contributed by atoms with Crippen LogP contribution in [0.5, 0.6) is 0 Å². The van der Waals surface area contributed by atoms with Crippen LogP contribution in [0.15, 0.2) is 24.4 Å². The number of nitrogens with zero attached hydrogens (tertiary/aromatic N) is 2. The fraction of sp³-hybridized carbons (Fsp3) is 0.688. The highest BCUT2D eigenvalue weighted by Crippen LogP contribution is 2.21. The molecule has 108 valence electrons. The van der Waals surface area contributed by atoms with E-state index < -0.39 is 0 Å². The molecule has 0 radical (unpaired) electrons. The minimum absolute atomic E-state index is 0.122. The summed E-state index contributed by atoms with van der Waals surface area (Å²) in [7, 11) is 0. The smallest absolute Gasteiger partial charge is 0.0419 e. The second-order valence-electron chi connectivity index (χ2n) is 5.46.